The van der Waals surface area contributed by atoms with Gasteiger partial charge in [-0.3, -0.25) is 0 Å². The lowest BCUT2D eigenvalue weighted by Gasteiger charge is -2.34. The summed E-state index contributed by atoms with van der Waals surface area (Å²) < 4.78 is 28.4. The first kappa shape index (κ1) is 19.9. The van der Waals surface area contributed by atoms with Crippen molar-refractivity contribution in [2.24, 2.45) is 0 Å². The van der Waals surface area contributed by atoms with Gasteiger partial charge in [0.2, 0.25) is 11.6 Å². The van der Waals surface area contributed by atoms with E-state index in [1.54, 1.807) is 19.2 Å². The van der Waals surface area contributed by atoms with E-state index >= 15 is 0 Å². The zero-order valence-electron chi connectivity index (χ0n) is 17.1. The Morgan fingerprint density at radius 2 is 1.77 bits per heavy atom. The molecule has 8 heteroatoms. The monoisotopic (exact) mass is 409 g/mol. The van der Waals surface area contributed by atoms with Gasteiger partial charge >= 0.3 is 0 Å². The van der Waals surface area contributed by atoms with Gasteiger partial charge in [-0.05, 0) is 50.2 Å². The molecule has 8 nitrogen and oxygen atoms in total. The summed E-state index contributed by atoms with van der Waals surface area (Å²) in [6.45, 7) is 5.50. The summed E-state index contributed by atoms with van der Waals surface area (Å²) in [5.41, 5.74) is 0.235. The Kier molecular flexibility index (Phi) is 5.63. The summed E-state index contributed by atoms with van der Waals surface area (Å²) in [4.78, 5) is 6.31. The van der Waals surface area contributed by atoms with Gasteiger partial charge in [-0.2, -0.15) is 10.2 Å². The molecule has 30 heavy (non-hydrogen) atoms. The molecule has 3 heterocycles. The molecule has 1 aromatic carbocycles. The van der Waals surface area contributed by atoms with Gasteiger partial charge in [0.05, 0.1) is 19.3 Å². The van der Waals surface area contributed by atoms with Crippen molar-refractivity contribution in [2.45, 2.75) is 32.7 Å². The molecule has 1 aliphatic heterocycles. The Morgan fingerprint density at radius 3 is 2.43 bits per heavy atom. The molecule has 1 saturated heterocycles. The van der Waals surface area contributed by atoms with Crippen molar-refractivity contribution in [3.63, 3.8) is 0 Å². The number of rotatable bonds is 6. The molecule has 1 aliphatic rings. The van der Waals surface area contributed by atoms with Crippen molar-refractivity contribution >= 4 is 5.88 Å². The third-order valence-corrected chi connectivity index (χ3v) is 4.73. The summed E-state index contributed by atoms with van der Waals surface area (Å²) in [5.74, 6) is 3.24. The maximum atomic E-state index is 9.50. The molecule has 1 fully saturated rings. The van der Waals surface area contributed by atoms with Crippen LogP contribution in [0.1, 0.15) is 25.3 Å². The fourth-order valence-electron chi connectivity index (χ4n) is 3.45. The quantitative estimate of drug-likeness (QED) is 0.603. The van der Waals surface area contributed by atoms with E-state index in [0.717, 1.165) is 5.75 Å². The standard InChI is InChI=1S/C22H23N3O5/c1-14-11-25(12-15(2)28-14)22-19(10-23)24-21(30-22)20-9-8-18(29-20)13-27-17-6-4-16(26-3)5-7-17/h4-9,14-15H,11-13H2,1-3H3/t14-,15+. The average Bonchev–Trinajstić information content (AvgIpc) is 3.39. The first-order chi connectivity index (χ1) is 14.6. The zero-order valence-corrected chi connectivity index (χ0v) is 17.1. The zero-order chi connectivity index (χ0) is 21.1. The van der Waals surface area contributed by atoms with Gasteiger partial charge in [0, 0.05) is 13.1 Å². The number of hydrogen-bond donors (Lipinski definition) is 0. The van der Waals surface area contributed by atoms with E-state index < -0.39 is 0 Å². The van der Waals surface area contributed by atoms with Crippen LogP contribution in [0.2, 0.25) is 0 Å². The molecule has 0 bridgehead atoms. The van der Waals surface area contributed by atoms with Gasteiger partial charge in [-0.25, -0.2) is 0 Å². The van der Waals surface area contributed by atoms with Crippen molar-refractivity contribution in [2.75, 3.05) is 25.1 Å². The second-order valence-corrected chi connectivity index (χ2v) is 7.18. The highest BCUT2D eigenvalue weighted by atomic mass is 16.5. The van der Waals surface area contributed by atoms with E-state index in [4.69, 9.17) is 23.0 Å². The number of morpholine rings is 1. The van der Waals surface area contributed by atoms with Gasteiger partial charge in [0.15, 0.2) is 5.76 Å². The van der Waals surface area contributed by atoms with E-state index in [0.29, 0.717) is 36.2 Å². The summed E-state index contributed by atoms with van der Waals surface area (Å²) in [6, 6.07) is 13.0. The summed E-state index contributed by atoms with van der Waals surface area (Å²) in [7, 11) is 1.62. The van der Waals surface area contributed by atoms with Crippen LogP contribution in [-0.2, 0) is 11.3 Å². The molecule has 0 aliphatic carbocycles. The minimum Gasteiger partial charge on any atom is -0.497 e. The number of benzene rings is 1. The largest absolute Gasteiger partial charge is 0.497 e. The van der Waals surface area contributed by atoms with Gasteiger partial charge in [-0.1, -0.05) is 0 Å². The second kappa shape index (κ2) is 8.51. The Balaban J connectivity index is 1.47. The van der Waals surface area contributed by atoms with Crippen LogP contribution in [0.5, 0.6) is 11.5 Å². The number of furan rings is 1. The summed E-state index contributed by atoms with van der Waals surface area (Å²) in [6.07, 6.45) is 0.0818. The van der Waals surface area contributed by atoms with Crippen LogP contribution in [0, 0.1) is 11.3 Å². The minimum absolute atomic E-state index is 0.0409. The molecule has 3 aromatic rings. The third-order valence-electron chi connectivity index (χ3n) is 4.73. The van der Waals surface area contributed by atoms with Crippen molar-refractivity contribution in [1.82, 2.24) is 4.98 Å². The van der Waals surface area contributed by atoms with Crippen molar-refractivity contribution < 1.29 is 23.0 Å². The Bertz CT molecular complexity index is 1020. The fourth-order valence-corrected chi connectivity index (χ4v) is 3.45. The van der Waals surface area contributed by atoms with E-state index in [-0.39, 0.29) is 30.4 Å². The van der Waals surface area contributed by atoms with Crippen LogP contribution < -0.4 is 14.4 Å². The predicted molar refractivity (Wildman–Crippen MR) is 108 cm³/mol. The van der Waals surface area contributed by atoms with Crippen molar-refractivity contribution in [1.29, 1.82) is 5.26 Å². The first-order valence-corrected chi connectivity index (χ1v) is 9.73. The topological polar surface area (TPSA) is 93.9 Å². The highest BCUT2D eigenvalue weighted by Crippen LogP contribution is 2.31. The maximum absolute atomic E-state index is 9.50. The SMILES string of the molecule is COc1ccc(OCc2ccc(-c3nc(C#N)c(N4C[C@@H](C)O[C@@H](C)C4)o3)o2)cc1. The molecule has 156 valence electrons. The van der Waals surface area contributed by atoms with E-state index in [1.807, 2.05) is 43.0 Å². The smallest absolute Gasteiger partial charge is 0.266 e. The molecule has 4 rings (SSSR count). The molecular formula is C22H23N3O5. The van der Waals surface area contributed by atoms with Gasteiger partial charge in [-0.15, -0.1) is 0 Å². The number of aromatic nitrogens is 1. The van der Waals surface area contributed by atoms with Crippen LogP contribution >= 0.6 is 0 Å². The first-order valence-electron chi connectivity index (χ1n) is 9.73. The van der Waals surface area contributed by atoms with Crippen LogP contribution in [0.25, 0.3) is 11.7 Å². The highest BCUT2D eigenvalue weighted by Gasteiger charge is 2.28. The van der Waals surface area contributed by atoms with Gasteiger partial charge < -0.3 is 27.9 Å². The van der Waals surface area contributed by atoms with Crippen molar-refractivity contribution in [3.8, 4) is 29.2 Å². The molecule has 0 spiro atoms. The average molecular weight is 409 g/mol. The molecule has 0 unspecified atom stereocenters. The van der Waals surface area contributed by atoms with E-state index in [1.165, 1.54) is 0 Å². The molecule has 0 amide bonds. The van der Waals surface area contributed by atoms with E-state index in [2.05, 4.69) is 11.1 Å². The second-order valence-electron chi connectivity index (χ2n) is 7.18. The lowest BCUT2D eigenvalue weighted by Crippen LogP contribution is -2.45. The molecule has 2 atom stereocenters. The molecule has 2 aromatic heterocycles. The van der Waals surface area contributed by atoms with Crippen LogP contribution in [0.15, 0.2) is 45.2 Å². The minimum atomic E-state index is 0.0409. The lowest BCUT2D eigenvalue weighted by molar-refractivity contribution is -0.00639. The predicted octanol–water partition coefficient (Wildman–Crippen LogP) is 4.01. The Labute approximate surface area is 174 Å². The normalized spacial score (nSPS) is 18.8. The molecule has 0 saturated carbocycles. The highest BCUT2D eigenvalue weighted by molar-refractivity contribution is 5.56. The number of nitriles is 1. The van der Waals surface area contributed by atoms with Gasteiger partial charge in [0.25, 0.3) is 5.89 Å². The molecular weight excluding hydrogens is 386 g/mol. The Morgan fingerprint density at radius 1 is 1.07 bits per heavy atom. The van der Waals surface area contributed by atoms with Crippen LogP contribution in [-0.4, -0.2) is 37.4 Å². The Hall–Kier alpha value is -3.44. The summed E-state index contributed by atoms with van der Waals surface area (Å²) >= 11 is 0. The number of methoxy groups -OCH3 is 1. The molecule has 0 N–H and O–H groups in total. The van der Waals surface area contributed by atoms with Crippen molar-refractivity contribution in [3.05, 3.63) is 47.9 Å². The maximum Gasteiger partial charge on any atom is 0.266 e. The third kappa shape index (κ3) is 4.26. The molecule has 0 radical (unpaired) electrons. The van der Waals surface area contributed by atoms with Crippen LogP contribution in [0.3, 0.4) is 0 Å². The number of nitrogens with zero attached hydrogens (tertiary/aromatic N) is 3. The van der Waals surface area contributed by atoms with E-state index in [9.17, 15) is 5.26 Å². The number of hydrogen-bond acceptors (Lipinski definition) is 8. The number of anilines is 1. The number of ether oxygens (including phenoxy) is 3. The lowest BCUT2D eigenvalue weighted by atomic mass is 10.2. The summed E-state index contributed by atoms with van der Waals surface area (Å²) in [5, 5.41) is 9.50. The fraction of sp³-hybridized carbons (Fsp3) is 0.364. The van der Waals surface area contributed by atoms with Gasteiger partial charge in [0.1, 0.15) is 29.9 Å². The van der Waals surface area contributed by atoms with Crippen LogP contribution in [0.4, 0.5) is 5.88 Å². The number of oxazole rings is 1.